The van der Waals surface area contributed by atoms with E-state index in [2.05, 4.69) is 5.32 Å². The summed E-state index contributed by atoms with van der Waals surface area (Å²) in [5.41, 5.74) is 8.55. The summed E-state index contributed by atoms with van der Waals surface area (Å²) >= 11 is 0. The Morgan fingerprint density at radius 2 is 1.81 bits per heavy atom. The number of benzene rings is 2. The van der Waals surface area contributed by atoms with Gasteiger partial charge in [0, 0.05) is 18.2 Å². The first-order valence-corrected chi connectivity index (χ1v) is 8.42. The Hall–Kier alpha value is -2.08. The third-order valence-electron chi connectivity index (χ3n) is 3.73. The van der Waals surface area contributed by atoms with E-state index in [9.17, 15) is 4.79 Å². The topological polar surface area (TPSA) is 73.6 Å². The second kappa shape index (κ2) is 11.5. The van der Waals surface area contributed by atoms with Crippen LogP contribution < -0.4 is 15.8 Å². The monoisotopic (exact) mass is 378 g/mol. The standard InChI is InChI=1S/C20H26N2O3.ClH/c1-15(21)6-11-20(23)22-18-5-3-4-17(12-18)14-25-13-16-7-9-19(24-2)10-8-16;/h3-5,7-10,12,15H,6,11,13-14,21H2,1-2H3,(H,22,23);1H. The first kappa shape index (κ1) is 22.0. The fraction of sp³-hybridized carbons (Fsp3) is 0.350. The van der Waals surface area contributed by atoms with Crippen LogP contribution in [0.15, 0.2) is 48.5 Å². The van der Waals surface area contributed by atoms with Gasteiger partial charge in [-0.2, -0.15) is 0 Å². The average Bonchev–Trinajstić information content (AvgIpc) is 2.61. The summed E-state index contributed by atoms with van der Waals surface area (Å²) in [5, 5.41) is 2.89. The van der Waals surface area contributed by atoms with Gasteiger partial charge in [-0.1, -0.05) is 24.3 Å². The van der Waals surface area contributed by atoms with Crippen molar-refractivity contribution >= 4 is 24.0 Å². The van der Waals surface area contributed by atoms with Gasteiger partial charge in [0.25, 0.3) is 0 Å². The highest BCUT2D eigenvalue weighted by Gasteiger charge is 2.05. The molecule has 26 heavy (non-hydrogen) atoms. The Balaban J connectivity index is 0.00000338. The van der Waals surface area contributed by atoms with Crippen molar-refractivity contribution in [3.63, 3.8) is 0 Å². The van der Waals surface area contributed by atoms with Crippen molar-refractivity contribution in [2.45, 2.75) is 39.0 Å². The molecule has 1 atom stereocenters. The summed E-state index contributed by atoms with van der Waals surface area (Å²) < 4.78 is 10.9. The summed E-state index contributed by atoms with van der Waals surface area (Å²) in [5.74, 6) is 0.810. The molecule has 0 spiro atoms. The minimum Gasteiger partial charge on any atom is -0.497 e. The molecular formula is C20H27ClN2O3. The van der Waals surface area contributed by atoms with E-state index in [1.54, 1.807) is 7.11 Å². The normalized spacial score (nSPS) is 11.3. The summed E-state index contributed by atoms with van der Waals surface area (Å²) in [4.78, 5) is 11.9. The molecule has 0 radical (unpaired) electrons. The minimum atomic E-state index is -0.0198. The highest BCUT2D eigenvalue weighted by atomic mass is 35.5. The Kier molecular flexibility index (Phi) is 9.73. The summed E-state index contributed by atoms with van der Waals surface area (Å²) in [6.45, 7) is 2.90. The van der Waals surface area contributed by atoms with Crippen LogP contribution in [0.2, 0.25) is 0 Å². The van der Waals surface area contributed by atoms with Gasteiger partial charge in [-0.3, -0.25) is 4.79 Å². The zero-order valence-electron chi connectivity index (χ0n) is 15.2. The fourth-order valence-electron chi connectivity index (χ4n) is 2.33. The van der Waals surface area contributed by atoms with Gasteiger partial charge in [0.2, 0.25) is 5.91 Å². The molecule has 0 aliphatic rings. The van der Waals surface area contributed by atoms with E-state index in [1.807, 2.05) is 55.5 Å². The van der Waals surface area contributed by atoms with E-state index in [1.165, 1.54) is 0 Å². The van der Waals surface area contributed by atoms with Crippen LogP contribution in [0.3, 0.4) is 0 Å². The van der Waals surface area contributed by atoms with Crippen LogP contribution in [0.4, 0.5) is 5.69 Å². The maximum Gasteiger partial charge on any atom is 0.224 e. The lowest BCUT2D eigenvalue weighted by atomic mass is 10.1. The predicted octanol–water partition coefficient (Wildman–Crippen LogP) is 3.90. The molecule has 3 N–H and O–H groups in total. The SMILES string of the molecule is COc1ccc(COCc2cccc(NC(=O)CCC(C)N)c2)cc1.Cl. The van der Waals surface area contributed by atoms with Crippen LogP contribution >= 0.6 is 12.4 Å². The molecule has 0 fully saturated rings. The van der Waals surface area contributed by atoms with Crippen LogP contribution in [-0.4, -0.2) is 19.1 Å². The Morgan fingerprint density at radius 1 is 1.12 bits per heavy atom. The highest BCUT2D eigenvalue weighted by Crippen LogP contribution is 2.15. The van der Waals surface area contributed by atoms with Gasteiger partial charge in [0.1, 0.15) is 5.75 Å². The lowest BCUT2D eigenvalue weighted by Gasteiger charge is -2.09. The quantitative estimate of drug-likeness (QED) is 0.694. The van der Waals surface area contributed by atoms with Gasteiger partial charge < -0.3 is 20.5 Å². The third kappa shape index (κ3) is 7.87. The molecule has 0 bridgehead atoms. The van der Waals surface area contributed by atoms with E-state index in [0.717, 1.165) is 22.6 Å². The molecule has 1 unspecified atom stereocenters. The lowest BCUT2D eigenvalue weighted by molar-refractivity contribution is -0.116. The number of nitrogens with one attached hydrogen (secondary N) is 1. The number of hydrogen-bond donors (Lipinski definition) is 2. The van der Waals surface area contributed by atoms with Gasteiger partial charge in [-0.25, -0.2) is 0 Å². The van der Waals surface area contributed by atoms with Crippen LogP contribution in [-0.2, 0) is 22.7 Å². The van der Waals surface area contributed by atoms with Crippen LogP contribution in [0.1, 0.15) is 30.9 Å². The van der Waals surface area contributed by atoms with Crippen LogP contribution in [0, 0.1) is 0 Å². The van der Waals surface area contributed by atoms with Crippen molar-refractivity contribution in [1.82, 2.24) is 0 Å². The third-order valence-corrected chi connectivity index (χ3v) is 3.73. The molecule has 6 heteroatoms. The number of halogens is 1. The van der Waals surface area contributed by atoms with E-state index in [-0.39, 0.29) is 24.4 Å². The van der Waals surface area contributed by atoms with Crippen molar-refractivity contribution in [3.05, 3.63) is 59.7 Å². The molecule has 5 nitrogen and oxygen atoms in total. The number of ether oxygens (including phenoxy) is 2. The molecule has 0 aromatic heterocycles. The highest BCUT2D eigenvalue weighted by molar-refractivity contribution is 5.90. The first-order valence-electron chi connectivity index (χ1n) is 8.42. The average molecular weight is 379 g/mol. The van der Waals surface area contributed by atoms with Gasteiger partial charge in [0.15, 0.2) is 0 Å². The summed E-state index contributed by atoms with van der Waals surface area (Å²) in [6.07, 6.45) is 1.10. The maximum absolute atomic E-state index is 11.9. The van der Waals surface area contributed by atoms with Crippen LogP contribution in [0.5, 0.6) is 5.75 Å². The van der Waals surface area contributed by atoms with Gasteiger partial charge in [-0.15, -0.1) is 12.4 Å². The lowest BCUT2D eigenvalue weighted by Crippen LogP contribution is -2.19. The van der Waals surface area contributed by atoms with Crippen molar-refractivity contribution < 1.29 is 14.3 Å². The zero-order valence-corrected chi connectivity index (χ0v) is 16.1. The number of hydrogen-bond acceptors (Lipinski definition) is 4. The van der Waals surface area contributed by atoms with E-state index >= 15 is 0 Å². The van der Waals surface area contributed by atoms with Gasteiger partial charge >= 0.3 is 0 Å². The molecule has 0 aliphatic heterocycles. The van der Waals surface area contributed by atoms with E-state index in [0.29, 0.717) is 26.1 Å². The largest absolute Gasteiger partial charge is 0.497 e. The molecule has 0 saturated carbocycles. The van der Waals surface area contributed by atoms with E-state index in [4.69, 9.17) is 15.2 Å². The smallest absolute Gasteiger partial charge is 0.224 e. The van der Waals surface area contributed by atoms with Crippen molar-refractivity contribution in [3.8, 4) is 5.75 Å². The molecule has 142 valence electrons. The second-order valence-electron chi connectivity index (χ2n) is 6.11. The zero-order chi connectivity index (χ0) is 18.1. The van der Waals surface area contributed by atoms with Crippen LogP contribution in [0.25, 0.3) is 0 Å². The van der Waals surface area contributed by atoms with Gasteiger partial charge in [-0.05, 0) is 48.7 Å². The molecule has 0 heterocycles. The number of amides is 1. The molecule has 1 amide bonds. The number of methoxy groups -OCH3 is 1. The first-order chi connectivity index (χ1) is 12.1. The summed E-state index contributed by atoms with van der Waals surface area (Å²) in [6, 6.07) is 15.5. The minimum absolute atomic E-state index is 0. The Labute approximate surface area is 161 Å². The Bertz CT molecular complexity index is 675. The van der Waals surface area contributed by atoms with Crippen molar-refractivity contribution in [2.24, 2.45) is 5.73 Å². The predicted molar refractivity (Wildman–Crippen MR) is 107 cm³/mol. The maximum atomic E-state index is 11.9. The Morgan fingerprint density at radius 3 is 2.46 bits per heavy atom. The molecule has 2 rings (SSSR count). The number of nitrogens with two attached hydrogens (primary N) is 1. The number of anilines is 1. The number of carbonyl (C=O) groups excluding carboxylic acids is 1. The summed E-state index contributed by atoms with van der Waals surface area (Å²) in [7, 11) is 1.65. The molecular weight excluding hydrogens is 352 g/mol. The van der Waals surface area contributed by atoms with E-state index < -0.39 is 0 Å². The number of carbonyl (C=O) groups is 1. The number of rotatable bonds is 9. The van der Waals surface area contributed by atoms with Crippen molar-refractivity contribution in [1.29, 1.82) is 0 Å². The van der Waals surface area contributed by atoms with Crippen molar-refractivity contribution in [2.75, 3.05) is 12.4 Å². The molecule has 2 aromatic carbocycles. The fourth-order valence-corrected chi connectivity index (χ4v) is 2.33. The molecule has 0 saturated heterocycles. The molecule has 0 aliphatic carbocycles. The molecule has 2 aromatic rings. The second-order valence-corrected chi connectivity index (χ2v) is 6.11. The van der Waals surface area contributed by atoms with Gasteiger partial charge in [0.05, 0.1) is 20.3 Å².